The molecule has 1 aliphatic heterocycles. The lowest BCUT2D eigenvalue weighted by Crippen LogP contribution is -2.57. The number of hydrogen-bond acceptors (Lipinski definition) is 4. The van der Waals surface area contributed by atoms with E-state index in [1.54, 1.807) is 21.2 Å². The fourth-order valence-corrected chi connectivity index (χ4v) is 3.93. The fraction of sp³-hybridized carbons (Fsp3) is 1.00. The number of nitrogens with one attached hydrogen (secondary N) is 1. The molecule has 7 heteroatoms. The molecular weight excluding hydrogens is 290 g/mol. The van der Waals surface area contributed by atoms with Crippen molar-refractivity contribution in [2.24, 2.45) is 5.92 Å². The van der Waals surface area contributed by atoms with Gasteiger partial charge in [-0.15, -0.1) is 0 Å². The van der Waals surface area contributed by atoms with E-state index in [0.717, 1.165) is 38.3 Å². The fourth-order valence-electron chi connectivity index (χ4n) is 2.89. The Morgan fingerprint density at radius 1 is 1.29 bits per heavy atom. The third-order valence-corrected chi connectivity index (χ3v) is 6.29. The van der Waals surface area contributed by atoms with Crippen LogP contribution >= 0.6 is 0 Å². The van der Waals surface area contributed by atoms with Crippen LogP contribution in [0.25, 0.3) is 0 Å². The number of likely N-dealkylation sites (tertiary alicyclic amines) is 1. The first-order valence-electron chi connectivity index (χ1n) is 7.80. The van der Waals surface area contributed by atoms with E-state index in [1.165, 1.54) is 23.7 Å². The van der Waals surface area contributed by atoms with Gasteiger partial charge >= 0.3 is 0 Å². The molecule has 1 saturated heterocycles. The summed E-state index contributed by atoms with van der Waals surface area (Å²) in [5.41, 5.74) is -0.362. The summed E-state index contributed by atoms with van der Waals surface area (Å²) in [6.45, 7) is 3.70. The molecule has 0 aromatic carbocycles. The summed E-state index contributed by atoms with van der Waals surface area (Å²) in [4.78, 5) is 2.48. The Hall–Kier alpha value is -0.210. The largest absolute Gasteiger partial charge is 0.385 e. The Labute approximate surface area is 129 Å². The Bertz CT molecular complexity index is 427. The highest BCUT2D eigenvalue weighted by molar-refractivity contribution is 7.87. The molecule has 0 radical (unpaired) electrons. The SMILES string of the molecule is COCCC1(NS(=O)(=O)N(C)C)CCN(CC2CC2)CC1. The molecule has 1 aliphatic carbocycles. The first-order valence-corrected chi connectivity index (χ1v) is 9.24. The maximum absolute atomic E-state index is 12.2. The lowest BCUT2D eigenvalue weighted by molar-refractivity contribution is 0.104. The van der Waals surface area contributed by atoms with Crippen LogP contribution in [0.4, 0.5) is 0 Å². The van der Waals surface area contributed by atoms with Crippen molar-refractivity contribution < 1.29 is 13.2 Å². The van der Waals surface area contributed by atoms with Gasteiger partial charge in [0.05, 0.1) is 0 Å². The van der Waals surface area contributed by atoms with E-state index in [1.807, 2.05) is 0 Å². The number of piperidine rings is 1. The molecule has 0 atom stereocenters. The number of nitrogens with zero attached hydrogens (tertiary/aromatic N) is 2. The lowest BCUT2D eigenvalue weighted by atomic mass is 9.85. The monoisotopic (exact) mass is 319 g/mol. The van der Waals surface area contributed by atoms with E-state index in [2.05, 4.69) is 9.62 Å². The Morgan fingerprint density at radius 2 is 1.90 bits per heavy atom. The van der Waals surface area contributed by atoms with Crippen LogP contribution in [0.15, 0.2) is 0 Å². The first-order chi connectivity index (χ1) is 9.87. The highest BCUT2D eigenvalue weighted by Crippen LogP contribution is 2.33. The highest BCUT2D eigenvalue weighted by Gasteiger charge is 2.39. The zero-order valence-corrected chi connectivity index (χ0v) is 14.3. The summed E-state index contributed by atoms with van der Waals surface area (Å²) in [5.74, 6) is 0.884. The Balaban J connectivity index is 1.97. The third-order valence-electron chi connectivity index (χ3n) is 4.64. The summed E-state index contributed by atoms with van der Waals surface area (Å²) in [7, 11) is 1.39. The van der Waals surface area contributed by atoms with Crippen molar-refractivity contribution >= 4 is 10.2 Å². The standard InChI is InChI=1S/C14H29N3O3S/c1-16(2)21(18,19)15-14(8-11-20-3)6-9-17(10-7-14)12-13-4-5-13/h13,15H,4-12H2,1-3H3. The highest BCUT2D eigenvalue weighted by atomic mass is 32.2. The van der Waals surface area contributed by atoms with Gasteiger partial charge in [0, 0.05) is 39.9 Å². The van der Waals surface area contributed by atoms with Crippen LogP contribution < -0.4 is 4.72 Å². The predicted octanol–water partition coefficient (Wildman–Crippen LogP) is 0.664. The normalized spacial score (nSPS) is 23.6. The maximum Gasteiger partial charge on any atom is 0.279 e. The third kappa shape index (κ3) is 4.89. The first kappa shape index (κ1) is 17.1. The van der Waals surface area contributed by atoms with Crippen LogP contribution in [-0.4, -0.2) is 70.6 Å². The molecule has 2 rings (SSSR count). The van der Waals surface area contributed by atoms with E-state index < -0.39 is 10.2 Å². The van der Waals surface area contributed by atoms with Crippen molar-refractivity contribution in [3.05, 3.63) is 0 Å². The second-order valence-electron chi connectivity index (χ2n) is 6.66. The van der Waals surface area contributed by atoms with E-state index >= 15 is 0 Å². The molecule has 2 fully saturated rings. The van der Waals surface area contributed by atoms with Gasteiger partial charge in [-0.05, 0) is 51.1 Å². The molecule has 21 heavy (non-hydrogen) atoms. The van der Waals surface area contributed by atoms with Crippen LogP contribution in [-0.2, 0) is 14.9 Å². The van der Waals surface area contributed by atoms with Crippen LogP contribution in [0.1, 0.15) is 32.1 Å². The molecule has 6 nitrogen and oxygen atoms in total. The smallest absolute Gasteiger partial charge is 0.279 e. The molecule has 1 saturated carbocycles. The van der Waals surface area contributed by atoms with Crippen LogP contribution in [0.3, 0.4) is 0 Å². The number of rotatable bonds is 8. The molecule has 1 heterocycles. The predicted molar refractivity (Wildman–Crippen MR) is 83.4 cm³/mol. The quantitative estimate of drug-likeness (QED) is 0.714. The van der Waals surface area contributed by atoms with Crippen molar-refractivity contribution in [1.29, 1.82) is 0 Å². The molecule has 0 spiro atoms. The van der Waals surface area contributed by atoms with E-state index in [4.69, 9.17) is 4.74 Å². The van der Waals surface area contributed by atoms with Gasteiger partial charge < -0.3 is 9.64 Å². The minimum absolute atomic E-state index is 0.362. The van der Waals surface area contributed by atoms with Crippen LogP contribution in [0.5, 0.6) is 0 Å². The average Bonchev–Trinajstić information content (AvgIpc) is 3.23. The number of ether oxygens (including phenoxy) is 1. The summed E-state index contributed by atoms with van der Waals surface area (Å²) in [5, 5.41) is 0. The zero-order chi connectivity index (χ0) is 15.5. The van der Waals surface area contributed by atoms with Crippen molar-refractivity contribution in [2.45, 2.75) is 37.6 Å². The van der Waals surface area contributed by atoms with E-state index in [-0.39, 0.29) is 5.54 Å². The van der Waals surface area contributed by atoms with Gasteiger partial charge in [-0.1, -0.05) is 0 Å². The second kappa shape index (κ2) is 6.91. The lowest BCUT2D eigenvalue weighted by Gasteiger charge is -2.42. The second-order valence-corrected chi connectivity index (χ2v) is 8.54. The topological polar surface area (TPSA) is 61.9 Å². The summed E-state index contributed by atoms with van der Waals surface area (Å²) >= 11 is 0. The van der Waals surface area contributed by atoms with Crippen LogP contribution in [0, 0.1) is 5.92 Å². The van der Waals surface area contributed by atoms with Crippen molar-refractivity contribution in [3.63, 3.8) is 0 Å². The van der Waals surface area contributed by atoms with Crippen molar-refractivity contribution in [2.75, 3.05) is 47.4 Å². The molecule has 2 aliphatic rings. The van der Waals surface area contributed by atoms with E-state index in [9.17, 15) is 8.42 Å². The van der Waals surface area contributed by atoms with Gasteiger partial charge in [-0.2, -0.15) is 17.4 Å². The number of methoxy groups -OCH3 is 1. The minimum Gasteiger partial charge on any atom is -0.385 e. The van der Waals surface area contributed by atoms with Gasteiger partial charge in [-0.25, -0.2) is 0 Å². The van der Waals surface area contributed by atoms with Gasteiger partial charge in [0.2, 0.25) is 0 Å². The average molecular weight is 319 g/mol. The molecule has 1 N–H and O–H groups in total. The minimum atomic E-state index is -3.41. The van der Waals surface area contributed by atoms with Gasteiger partial charge in [-0.3, -0.25) is 0 Å². The van der Waals surface area contributed by atoms with Crippen molar-refractivity contribution in [3.8, 4) is 0 Å². The molecule has 0 aromatic heterocycles. The Kier molecular flexibility index (Phi) is 5.65. The van der Waals surface area contributed by atoms with E-state index in [0.29, 0.717) is 6.61 Å². The summed E-state index contributed by atoms with van der Waals surface area (Å²) in [6, 6.07) is 0. The maximum atomic E-state index is 12.2. The molecule has 0 bridgehead atoms. The van der Waals surface area contributed by atoms with Gasteiger partial charge in [0.1, 0.15) is 0 Å². The van der Waals surface area contributed by atoms with Crippen molar-refractivity contribution in [1.82, 2.24) is 13.9 Å². The summed E-state index contributed by atoms with van der Waals surface area (Å²) < 4.78 is 33.7. The van der Waals surface area contributed by atoms with Gasteiger partial charge in [0.15, 0.2) is 0 Å². The molecule has 0 aromatic rings. The number of hydrogen-bond donors (Lipinski definition) is 1. The Morgan fingerprint density at radius 3 is 2.38 bits per heavy atom. The van der Waals surface area contributed by atoms with Gasteiger partial charge in [0.25, 0.3) is 10.2 Å². The summed E-state index contributed by atoms with van der Waals surface area (Å²) in [6.07, 6.45) is 5.16. The molecule has 0 amide bonds. The molecular formula is C14H29N3O3S. The molecule has 0 unspecified atom stereocenters. The zero-order valence-electron chi connectivity index (χ0n) is 13.5. The molecule has 124 valence electrons. The van der Waals surface area contributed by atoms with Crippen LogP contribution in [0.2, 0.25) is 0 Å².